The summed E-state index contributed by atoms with van der Waals surface area (Å²) in [4.78, 5) is 10.2. The third kappa shape index (κ3) is 4.64. The minimum atomic E-state index is -0.443. The predicted octanol–water partition coefficient (Wildman–Crippen LogP) is 3.96. The van der Waals surface area contributed by atoms with E-state index in [2.05, 4.69) is 40.9 Å². The Morgan fingerprint density at radius 2 is 1.96 bits per heavy atom. The number of non-ortho nitro benzene ring substituents is 1. The van der Waals surface area contributed by atoms with Gasteiger partial charge in [-0.3, -0.25) is 14.8 Å². The van der Waals surface area contributed by atoms with E-state index in [4.69, 9.17) is 12.2 Å². The molecule has 0 saturated heterocycles. The van der Waals surface area contributed by atoms with Crippen LogP contribution >= 0.6 is 12.2 Å². The van der Waals surface area contributed by atoms with Crippen molar-refractivity contribution in [1.82, 2.24) is 9.78 Å². The van der Waals surface area contributed by atoms with Crippen molar-refractivity contribution in [3.63, 3.8) is 0 Å². The fourth-order valence-corrected chi connectivity index (χ4v) is 2.68. The van der Waals surface area contributed by atoms with Gasteiger partial charge in [-0.05, 0) is 36.8 Å². The van der Waals surface area contributed by atoms with Crippen LogP contribution in [0, 0.1) is 17.0 Å². The number of nitrogens with one attached hydrogen (secondary N) is 2. The van der Waals surface area contributed by atoms with Crippen LogP contribution in [0.3, 0.4) is 0 Å². The van der Waals surface area contributed by atoms with Crippen molar-refractivity contribution in [2.45, 2.75) is 13.5 Å². The first-order valence-electron chi connectivity index (χ1n) is 7.91. The normalized spacial score (nSPS) is 10.3. The molecule has 2 aromatic carbocycles. The molecule has 132 valence electrons. The van der Waals surface area contributed by atoms with Gasteiger partial charge in [0.25, 0.3) is 5.69 Å². The highest BCUT2D eigenvalue weighted by Gasteiger charge is 2.06. The summed E-state index contributed by atoms with van der Waals surface area (Å²) in [5, 5.41) is 21.4. The molecule has 0 bridgehead atoms. The summed E-state index contributed by atoms with van der Waals surface area (Å²) in [6.45, 7) is 2.73. The van der Waals surface area contributed by atoms with Crippen LogP contribution in [-0.2, 0) is 6.54 Å². The highest BCUT2D eigenvalue weighted by atomic mass is 32.1. The molecule has 0 aliphatic rings. The van der Waals surface area contributed by atoms with Gasteiger partial charge in [0.2, 0.25) is 0 Å². The lowest BCUT2D eigenvalue weighted by atomic mass is 10.1. The molecule has 2 N–H and O–H groups in total. The number of thiocarbonyl (C=S) groups is 1. The number of nitro groups is 1. The lowest BCUT2D eigenvalue weighted by Gasteiger charge is -2.08. The van der Waals surface area contributed by atoms with Gasteiger partial charge in [0.15, 0.2) is 10.9 Å². The van der Waals surface area contributed by atoms with E-state index in [-0.39, 0.29) is 5.69 Å². The molecule has 3 aromatic rings. The van der Waals surface area contributed by atoms with Crippen molar-refractivity contribution in [3.05, 3.63) is 82.0 Å². The standard InChI is InChI=1S/C18H17N5O2S/c1-13-3-2-4-14(11-13)12-22-10-9-17(21-22)20-18(26)19-15-5-7-16(8-6-15)23(24)25/h2-11H,12H2,1H3,(H2,19,20,21,26). The number of nitro benzene ring substituents is 1. The number of anilines is 2. The number of benzene rings is 2. The van der Waals surface area contributed by atoms with Crippen LogP contribution in [0.1, 0.15) is 11.1 Å². The van der Waals surface area contributed by atoms with Crippen molar-refractivity contribution in [2.75, 3.05) is 10.6 Å². The van der Waals surface area contributed by atoms with Crippen LogP contribution in [-0.4, -0.2) is 19.8 Å². The first kappa shape index (κ1) is 17.6. The molecule has 0 saturated carbocycles. The maximum Gasteiger partial charge on any atom is 0.269 e. The first-order chi connectivity index (χ1) is 12.5. The fraction of sp³-hybridized carbons (Fsp3) is 0.111. The monoisotopic (exact) mass is 367 g/mol. The average molecular weight is 367 g/mol. The van der Waals surface area contributed by atoms with Crippen molar-refractivity contribution in [2.24, 2.45) is 0 Å². The number of hydrogen-bond acceptors (Lipinski definition) is 4. The first-order valence-corrected chi connectivity index (χ1v) is 8.32. The van der Waals surface area contributed by atoms with Crippen LogP contribution in [0.4, 0.5) is 17.2 Å². The molecule has 0 fully saturated rings. The van der Waals surface area contributed by atoms with Gasteiger partial charge in [-0.1, -0.05) is 29.8 Å². The van der Waals surface area contributed by atoms with E-state index in [1.54, 1.807) is 12.1 Å². The van der Waals surface area contributed by atoms with Gasteiger partial charge in [-0.25, -0.2) is 0 Å². The number of hydrogen-bond donors (Lipinski definition) is 2. The van der Waals surface area contributed by atoms with Crippen molar-refractivity contribution in [3.8, 4) is 0 Å². The Kier molecular flexibility index (Phi) is 5.23. The van der Waals surface area contributed by atoms with E-state index < -0.39 is 4.92 Å². The number of aromatic nitrogens is 2. The Bertz CT molecular complexity index is 937. The number of aryl methyl sites for hydroxylation is 1. The molecule has 0 radical (unpaired) electrons. The molecular formula is C18H17N5O2S. The quantitative estimate of drug-likeness (QED) is 0.403. The van der Waals surface area contributed by atoms with Gasteiger partial charge in [-0.2, -0.15) is 5.10 Å². The van der Waals surface area contributed by atoms with Gasteiger partial charge < -0.3 is 10.6 Å². The minimum Gasteiger partial charge on any atom is -0.332 e. The fourth-order valence-electron chi connectivity index (χ4n) is 2.46. The van der Waals surface area contributed by atoms with Crippen molar-refractivity contribution >= 4 is 34.5 Å². The summed E-state index contributed by atoms with van der Waals surface area (Å²) < 4.78 is 1.82. The maximum absolute atomic E-state index is 10.7. The van der Waals surface area contributed by atoms with Crippen LogP contribution in [0.5, 0.6) is 0 Å². The number of nitrogens with zero attached hydrogens (tertiary/aromatic N) is 3. The summed E-state index contributed by atoms with van der Waals surface area (Å²) in [6, 6.07) is 16.1. The Balaban J connectivity index is 1.58. The van der Waals surface area contributed by atoms with E-state index in [9.17, 15) is 10.1 Å². The zero-order chi connectivity index (χ0) is 18.5. The Morgan fingerprint density at radius 3 is 2.65 bits per heavy atom. The predicted molar refractivity (Wildman–Crippen MR) is 105 cm³/mol. The van der Waals surface area contributed by atoms with E-state index in [1.165, 1.54) is 23.3 Å². The zero-order valence-electron chi connectivity index (χ0n) is 14.0. The molecule has 0 amide bonds. The van der Waals surface area contributed by atoms with Gasteiger partial charge in [0, 0.05) is 30.1 Å². The molecular weight excluding hydrogens is 350 g/mol. The molecule has 8 heteroatoms. The van der Waals surface area contributed by atoms with Gasteiger partial charge >= 0.3 is 0 Å². The van der Waals surface area contributed by atoms with E-state index >= 15 is 0 Å². The second kappa shape index (κ2) is 7.75. The lowest BCUT2D eigenvalue weighted by Crippen LogP contribution is -2.19. The lowest BCUT2D eigenvalue weighted by molar-refractivity contribution is -0.384. The molecule has 0 atom stereocenters. The van der Waals surface area contributed by atoms with Crippen LogP contribution < -0.4 is 10.6 Å². The topological polar surface area (TPSA) is 85.0 Å². The minimum absolute atomic E-state index is 0.0318. The Hall–Kier alpha value is -3.26. The zero-order valence-corrected chi connectivity index (χ0v) is 14.9. The summed E-state index contributed by atoms with van der Waals surface area (Å²) >= 11 is 5.25. The molecule has 0 spiro atoms. The summed E-state index contributed by atoms with van der Waals surface area (Å²) in [6.07, 6.45) is 1.87. The number of rotatable bonds is 5. The van der Waals surface area contributed by atoms with Crippen LogP contribution in [0.25, 0.3) is 0 Å². The molecule has 0 unspecified atom stereocenters. The third-order valence-corrected chi connectivity index (χ3v) is 3.85. The smallest absolute Gasteiger partial charge is 0.269 e. The van der Waals surface area contributed by atoms with Crippen LogP contribution in [0.2, 0.25) is 0 Å². The largest absolute Gasteiger partial charge is 0.332 e. The molecule has 1 heterocycles. The van der Waals surface area contributed by atoms with Gasteiger partial charge in [0.05, 0.1) is 11.5 Å². The van der Waals surface area contributed by atoms with Gasteiger partial charge in [0.1, 0.15) is 0 Å². The SMILES string of the molecule is Cc1cccc(Cn2ccc(NC(=S)Nc3ccc([N+](=O)[O-])cc3)n2)c1. The second-order valence-corrected chi connectivity index (χ2v) is 6.18. The summed E-state index contributed by atoms with van der Waals surface area (Å²) in [7, 11) is 0. The molecule has 7 nitrogen and oxygen atoms in total. The molecule has 26 heavy (non-hydrogen) atoms. The molecule has 0 aliphatic carbocycles. The maximum atomic E-state index is 10.7. The van der Waals surface area contributed by atoms with Gasteiger partial charge in [-0.15, -0.1) is 0 Å². The molecule has 3 rings (SSSR count). The summed E-state index contributed by atoms with van der Waals surface area (Å²) in [5.74, 6) is 0.622. The molecule has 0 aliphatic heterocycles. The van der Waals surface area contributed by atoms with Crippen molar-refractivity contribution in [1.29, 1.82) is 0 Å². The van der Waals surface area contributed by atoms with Crippen molar-refractivity contribution < 1.29 is 4.92 Å². The Labute approximate surface area is 155 Å². The molecule has 1 aromatic heterocycles. The Morgan fingerprint density at radius 1 is 1.19 bits per heavy atom. The van der Waals surface area contributed by atoms with E-state index in [1.807, 2.05) is 23.0 Å². The van der Waals surface area contributed by atoms with Crippen LogP contribution in [0.15, 0.2) is 60.8 Å². The van der Waals surface area contributed by atoms with E-state index in [0.717, 1.165) is 0 Å². The van der Waals surface area contributed by atoms with E-state index in [0.29, 0.717) is 23.2 Å². The average Bonchev–Trinajstić information content (AvgIpc) is 3.02. The third-order valence-electron chi connectivity index (χ3n) is 3.65. The highest BCUT2D eigenvalue weighted by molar-refractivity contribution is 7.80. The summed E-state index contributed by atoms with van der Waals surface area (Å²) in [5.41, 5.74) is 3.07. The highest BCUT2D eigenvalue weighted by Crippen LogP contribution is 2.16. The second-order valence-electron chi connectivity index (χ2n) is 5.77.